The molecule has 2 aromatic carbocycles. The molecule has 1 unspecified atom stereocenters. The molecule has 0 fully saturated rings. The van der Waals surface area contributed by atoms with Crippen LogP contribution in [0.1, 0.15) is 23.2 Å². The van der Waals surface area contributed by atoms with E-state index in [0.29, 0.717) is 31.2 Å². The summed E-state index contributed by atoms with van der Waals surface area (Å²) in [6.45, 7) is 2.31. The van der Waals surface area contributed by atoms with E-state index >= 15 is 0 Å². The summed E-state index contributed by atoms with van der Waals surface area (Å²) >= 11 is 0. The van der Waals surface area contributed by atoms with Crippen molar-refractivity contribution in [2.75, 3.05) is 13.7 Å². The molecule has 0 aliphatic heterocycles. The first kappa shape index (κ1) is 22.8. The molecule has 2 aromatic heterocycles. The summed E-state index contributed by atoms with van der Waals surface area (Å²) in [6.07, 6.45) is 1.99. The van der Waals surface area contributed by atoms with Gasteiger partial charge in [0.25, 0.3) is 5.89 Å². The Morgan fingerprint density at radius 2 is 1.85 bits per heavy atom. The summed E-state index contributed by atoms with van der Waals surface area (Å²) < 4.78 is 11.0. The van der Waals surface area contributed by atoms with Gasteiger partial charge in [0.15, 0.2) is 0 Å². The van der Waals surface area contributed by atoms with Gasteiger partial charge in [-0.15, -0.1) is 0 Å². The summed E-state index contributed by atoms with van der Waals surface area (Å²) in [5.74, 6) is 0.879. The van der Waals surface area contributed by atoms with Crippen molar-refractivity contribution in [2.45, 2.75) is 32.5 Å². The summed E-state index contributed by atoms with van der Waals surface area (Å²) in [6, 6.07) is 18.1. The zero-order valence-electron chi connectivity index (χ0n) is 18.7. The number of hydrogen-bond donors (Lipinski definition) is 2. The number of pyridine rings is 1. The van der Waals surface area contributed by atoms with Gasteiger partial charge in [-0.2, -0.15) is 4.98 Å². The van der Waals surface area contributed by atoms with Crippen molar-refractivity contribution >= 4 is 0 Å². The second-order valence-corrected chi connectivity index (χ2v) is 7.96. The van der Waals surface area contributed by atoms with Gasteiger partial charge in [0, 0.05) is 30.1 Å². The SMILES string of the molecule is COCc1cc(-c2nc(-c3ccc(CCC(O)CO)nc3)no2)ccc1-c1ccccc1C. The third kappa shape index (κ3) is 5.34. The Kier molecular flexibility index (Phi) is 7.24. The van der Waals surface area contributed by atoms with Gasteiger partial charge in [0.05, 0.1) is 19.3 Å². The Hall–Kier alpha value is -3.39. The van der Waals surface area contributed by atoms with Crippen molar-refractivity contribution in [3.05, 3.63) is 77.6 Å². The van der Waals surface area contributed by atoms with Crippen LogP contribution in [0.3, 0.4) is 0 Å². The molecule has 33 heavy (non-hydrogen) atoms. The number of aliphatic hydroxyl groups is 2. The lowest BCUT2D eigenvalue weighted by Gasteiger charge is -2.12. The number of rotatable bonds is 9. The molecule has 0 spiro atoms. The highest BCUT2D eigenvalue weighted by atomic mass is 16.5. The minimum atomic E-state index is -0.730. The largest absolute Gasteiger partial charge is 0.394 e. The van der Waals surface area contributed by atoms with Gasteiger partial charge in [-0.25, -0.2) is 0 Å². The molecule has 2 N–H and O–H groups in total. The van der Waals surface area contributed by atoms with E-state index in [2.05, 4.69) is 40.2 Å². The molecule has 0 radical (unpaired) electrons. The molecule has 0 aliphatic rings. The molecule has 4 aromatic rings. The summed E-state index contributed by atoms with van der Waals surface area (Å²) in [4.78, 5) is 8.96. The van der Waals surface area contributed by atoms with Crippen molar-refractivity contribution in [3.8, 4) is 34.0 Å². The number of benzene rings is 2. The fourth-order valence-corrected chi connectivity index (χ4v) is 3.71. The van der Waals surface area contributed by atoms with E-state index in [1.54, 1.807) is 13.3 Å². The first-order chi connectivity index (χ1) is 16.1. The van der Waals surface area contributed by atoms with Crippen LogP contribution in [0.4, 0.5) is 0 Å². The van der Waals surface area contributed by atoms with Gasteiger partial charge in [0.2, 0.25) is 5.82 Å². The Bertz CT molecular complexity index is 1200. The van der Waals surface area contributed by atoms with Crippen LogP contribution in [0.15, 0.2) is 65.3 Å². The van der Waals surface area contributed by atoms with Crippen molar-refractivity contribution in [1.82, 2.24) is 15.1 Å². The zero-order valence-corrected chi connectivity index (χ0v) is 18.7. The summed E-state index contributed by atoms with van der Waals surface area (Å²) in [7, 11) is 1.68. The lowest BCUT2D eigenvalue weighted by molar-refractivity contribution is 0.0884. The average molecular weight is 446 g/mol. The highest BCUT2D eigenvalue weighted by molar-refractivity contribution is 5.74. The quantitative estimate of drug-likeness (QED) is 0.398. The van der Waals surface area contributed by atoms with Crippen LogP contribution in [0.5, 0.6) is 0 Å². The highest BCUT2D eigenvalue weighted by Crippen LogP contribution is 2.31. The second kappa shape index (κ2) is 10.5. The standard InChI is InChI=1S/C26H27N3O4/c1-17-5-3-4-6-23(17)24-12-8-18(13-20(24)16-32-2)26-28-25(29-33-26)19-7-9-21(27-14-19)10-11-22(31)15-30/h3-9,12-14,22,30-31H,10-11,15-16H2,1-2H3. The molecule has 0 saturated carbocycles. The van der Waals surface area contributed by atoms with Gasteiger partial charge >= 0.3 is 0 Å². The molecule has 4 rings (SSSR count). The molecule has 7 heteroatoms. The van der Waals surface area contributed by atoms with E-state index in [1.807, 2.05) is 36.4 Å². The molecular weight excluding hydrogens is 418 g/mol. The van der Waals surface area contributed by atoms with Crippen LogP contribution in [-0.2, 0) is 17.8 Å². The minimum absolute atomic E-state index is 0.248. The van der Waals surface area contributed by atoms with E-state index in [9.17, 15) is 5.11 Å². The number of ether oxygens (including phenoxy) is 1. The van der Waals surface area contributed by atoms with E-state index in [4.69, 9.17) is 14.4 Å². The molecule has 7 nitrogen and oxygen atoms in total. The zero-order chi connectivity index (χ0) is 23.2. The van der Waals surface area contributed by atoms with Crippen LogP contribution in [0.2, 0.25) is 0 Å². The van der Waals surface area contributed by atoms with Crippen molar-refractivity contribution < 1.29 is 19.5 Å². The van der Waals surface area contributed by atoms with E-state index < -0.39 is 6.10 Å². The predicted molar refractivity (Wildman–Crippen MR) is 125 cm³/mol. The maximum atomic E-state index is 9.49. The van der Waals surface area contributed by atoms with Gasteiger partial charge in [-0.3, -0.25) is 4.98 Å². The number of nitrogens with zero attached hydrogens (tertiary/aromatic N) is 3. The Labute approximate surface area is 192 Å². The predicted octanol–water partition coefficient (Wildman–Crippen LogP) is 4.21. The lowest BCUT2D eigenvalue weighted by atomic mass is 9.94. The summed E-state index contributed by atoms with van der Waals surface area (Å²) in [5.41, 5.74) is 6.91. The Morgan fingerprint density at radius 1 is 1.03 bits per heavy atom. The fraction of sp³-hybridized carbons (Fsp3) is 0.269. The van der Waals surface area contributed by atoms with Crippen LogP contribution in [0.25, 0.3) is 34.0 Å². The number of aromatic nitrogens is 3. The maximum Gasteiger partial charge on any atom is 0.258 e. The van der Waals surface area contributed by atoms with Crippen molar-refractivity contribution in [1.29, 1.82) is 0 Å². The van der Waals surface area contributed by atoms with Crippen molar-refractivity contribution in [2.24, 2.45) is 0 Å². The normalized spacial score (nSPS) is 12.1. The smallest absolute Gasteiger partial charge is 0.258 e. The molecule has 0 saturated heterocycles. The van der Waals surface area contributed by atoms with Crippen LogP contribution < -0.4 is 0 Å². The monoisotopic (exact) mass is 445 g/mol. The van der Waals surface area contributed by atoms with E-state index in [-0.39, 0.29) is 6.61 Å². The van der Waals surface area contributed by atoms with Gasteiger partial charge in [-0.1, -0.05) is 35.5 Å². The minimum Gasteiger partial charge on any atom is -0.394 e. The third-order valence-electron chi connectivity index (χ3n) is 5.54. The molecule has 2 heterocycles. The molecule has 0 amide bonds. The molecular formula is C26H27N3O4. The number of aryl methyl sites for hydroxylation is 2. The number of methoxy groups -OCH3 is 1. The topological polar surface area (TPSA) is 102 Å². The highest BCUT2D eigenvalue weighted by Gasteiger charge is 2.15. The van der Waals surface area contributed by atoms with Crippen LogP contribution >= 0.6 is 0 Å². The fourth-order valence-electron chi connectivity index (χ4n) is 3.71. The molecule has 170 valence electrons. The number of hydrogen-bond acceptors (Lipinski definition) is 7. The number of aliphatic hydroxyl groups excluding tert-OH is 2. The maximum absolute atomic E-state index is 9.49. The summed E-state index contributed by atoms with van der Waals surface area (Å²) in [5, 5.41) is 22.5. The van der Waals surface area contributed by atoms with Crippen molar-refractivity contribution in [3.63, 3.8) is 0 Å². The Balaban J connectivity index is 1.57. The van der Waals surface area contributed by atoms with Gasteiger partial charge < -0.3 is 19.5 Å². The third-order valence-corrected chi connectivity index (χ3v) is 5.54. The first-order valence-corrected chi connectivity index (χ1v) is 10.8. The van der Waals surface area contributed by atoms with E-state index in [0.717, 1.165) is 27.9 Å². The Morgan fingerprint density at radius 3 is 2.58 bits per heavy atom. The molecule has 0 bridgehead atoms. The van der Waals surface area contributed by atoms with Crippen LogP contribution in [0, 0.1) is 6.92 Å². The molecule has 0 aliphatic carbocycles. The molecule has 1 atom stereocenters. The van der Waals surface area contributed by atoms with Gasteiger partial charge in [-0.05, 0) is 66.3 Å². The lowest BCUT2D eigenvalue weighted by Crippen LogP contribution is -2.12. The van der Waals surface area contributed by atoms with E-state index in [1.165, 1.54) is 11.1 Å². The first-order valence-electron chi connectivity index (χ1n) is 10.8. The van der Waals surface area contributed by atoms with Gasteiger partial charge in [0.1, 0.15) is 0 Å². The van der Waals surface area contributed by atoms with Crippen LogP contribution in [-0.4, -0.2) is 45.2 Å². The second-order valence-electron chi connectivity index (χ2n) is 7.96. The average Bonchev–Trinajstić information content (AvgIpc) is 3.34.